The first kappa shape index (κ1) is 17.4. The molecule has 2 heterocycles. The smallest absolute Gasteiger partial charge is 0.251 e. The fraction of sp³-hybridized carbons (Fsp3) is 0.174. The minimum absolute atomic E-state index is 0.0405. The number of nitrogens with two attached hydrogens (primary N) is 1. The van der Waals surface area contributed by atoms with E-state index in [1.165, 1.54) is 0 Å². The van der Waals surface area contributed by atoms with Gasteiger partial charge in [-0.2, -0.15) is 0 Å². The molecule has 0 aliphatic heterocycles. The third kappa shape index (κ3) is 3.33. The number of pyridine rings is 1. The van der Waals surface area contributed by atoms with E-state index in [1.807, 2.05) is 60.3 Å². The highest BCUT2D eigenvalue weighted by Gasteiger charge is 2.24. The van der Waals surface area contributed by atoms with Crippen LogP contribution >= 0.6 is 0 Å². The third-order valence-corrected chi connectivity index (χ3v) is 5.29. The molecule has 1 amide bonds. The van der Waals surface area contributed by atoms with Crippen LogP contribution < -0.4 is 11.1 Å². The molecule has 2 aromatic heterocycles. The summed E-state index contributed by atoms with van der Waals surface area (Å²) in [5, 5.41) is 4.81. The van der Waals surface area contributed by atoms with Crippen LogP contribution in [0.2, 0.25) is 0 Å². The molecule has 3 N–H and O–H groups in total. The highest BCUT2D eigenvalue weighted by molar-refractivity contribution is 6.06. The first-order chi connectivity index (χ1) is 14.1. The number of aryl methyl sites for hydroxylation is 1. The Labute approximate surface area is 168 Å². The van der Waals surface area contributed by atoms with Crippen LogP contribution in [0.3, 0.4) is 0 Å². The van der Waals surface area contributed by atoms with E-state index in [0.29, 0.717) is 17.4 Å². The topological polar surface area (TPSA) is 85.8 Å². The minimum atomic E-state index is -0.0405. The molecule has 0 atom stereocenters. The Bertz CT molecular complexity index is 1220. The van der Waals surface area contributed by atoms with E-state index < -0.39 is 0 Å². The lowest BCUT2D eigenvalue weighted by Crippen LogP contribution is -2.25. The van der Waals surface area contributed by atoms with Crippen molar-refractivity contribution < 1.29 is 4.79 Å². The van der Waals surface area contributed by atoms with Crippen molar-refractivity contribution in [3.8, 4) is 22.4 Å². The van der Waals surface area contributed by atoms with Gasteiger partial charge in [0.15, 0.2) is 0 Å². The van der Waals surface area contributed by atoms with Crippen LogP contribution in [-0.4, -0.2) is 26.5 Å². The third-order valence-electron chi connectivity index (χ3n) is 5.29. The maximum absolute atomic E-state index is 12.5. The van der Waals surface area contributed by atoms with Gasteiger partial charge in [0.2, 0.25) is 0 Å². The number of hydrogen-bond acceptors (Lipinski definition) is 4. The van der Waals surface area contributed by atoms with Gasteiger partial charge in [-0.05, 0) is 42.0 Å². The fourth-order valence-corrected chi connectivity index (χ4v) is 3.51. The van der Waals surface area contributed by atoms with Crippen LogP contribution in [0.1, 0.15) is 23.2 Å². The lowest BCUT2D eigenvalue weighted by atomic mass is 9.97. The van der Waals surface area contributed by atoms with Crippen LogP contribution in [0.5, 0.6) is 0 Å². The average Bonchev–Trinajstić information content (AvgIpc) is 3.45. The second-order valence-corrected chi connectivity index (χ2v) is 7.57. The average molecular weight is 383 g/mol. The van der Waals surface area contributed by atoms with Gasteiger partial charge in [-0.25, -0.2) is 9.97 Å². The summed E-state index contributed by atoms with van der Waals surface area (Å²) in [6, 6.07) is 14.1. The number of amides is 1. The summed E-state index contributed by atoms with van der Waals surface area (Å²) in [5.41, 5.74) is 10.7. The van der Waals surface area contributed by atoms with Crippen LogP contribution in [0.4, 0.5) is 5.82 Å². The monoisotopic (exact) mass is 383 g/mol. The summed E-state index contributed by atoms with van der Waals surface area (Å²) < 4.78 is 1.93. The van der Waals surface area contributed by atoms with E-state index in [9.17, 15) is 4.79 Å². The van der Waals surface area contributed by atoms with E-state index >= 15 is 0 Å². The van der Waals surface area contributed by atoms with Crippen molar-refractivity contribution in [3.05, 3.63) is 66.7 Å². The number of rotatable bonds is 4. The Morgan fingerprint density at radius 2 is 1.83 bits per heavy atom. The number of nitrogens with one attached hydrogen (secondary N) is 1. The predicted molar refractivity (Wildman–Crippen MR) is 114 cm³/mol. The maximum Gasteiger partial charge on any atom is 0.251 e. The number of fused-ring (bicyclic) bond motifs is 1. The molecule has 0 radical (unpaired) electrons. The molecule has 144 valence electrons. The van der Waals surface area contributed by atoms with E-state index in [-0.39, 0.29) is 5.91 Å². The maximum atomic E-state index is 12.5. The summed E-state index contributed by atoms with van der Waals surface area (Å²) in [7, 11) is 1.95. The van der Waals surface area contributed by atoms with Gasteiger partial charge < -0.3 is 15.6 Å². The number of anilines is 1. The normalized spacial score (nSPS) is 13.6. The molecular formula is C23H21N5O. The molecular weight excluding hydrogens is 362 g/mol. The molecule has 0 saturated heterocycles. The highest BCUT2D eigenvalue weighted by atomic mass is 16.1. The second kappa shape index (κ2) is 6.74. The molecule has 2 aromatic carbocycles. The van der Waals surface area contributed by atoms with Crippen molar-refractivity contribution in [3.63, 3.8) is 0 Å². The number of imidazole rings is 1. The van der Waals surface area contributed by atoms with Gasteiger partial charge in [-0.3, -0.25) is 4.79 Å². The molecule has 0 bridgehead atoms. The largest absolute Gasteiger partial charge is 0.383 e. The number of benzene rings is 2. The number of hydrogen-bond donors (Lipinski definition) is 2. The first-order valence-corrected chi connectivity index (χ1v) is 9.66. The van der Waals surface area contributed by atoms with Crippen LogP contribution in [0.15, 0.2) is 61.2 Å². The fourth-order valence-electron chi connectivity index (χ4n) is 3.51. The zero-order chi connectivity index (χ0) is 20.0. The Balaban J connectivity index is 1.56. The molecule has 6 nitrogen and oxygen atoms in total. The molecule has 1 aliphatic carbocycles. The minimum Gasteiger partial charge on any atom is -0.383 e. The van der Waals surface area contributed by atoms with Crippen molar-refractivity contribution in [1.29, 1.82) is 0 Å². The van der Waals surface area contributed by atoms with Gasteiger partial charge in [-0.15, -0.1) is 0 Å². The quantitative estimate of drug-likeness (QED) is 0.562. The lowest BCUT2D eigenvalue weighted by Gasteiger charge is -2.11. The number of aromatic nitrogens is 3. The van der Waals surface area contributed by atoms with E-state index in [1.54, 1.807) is 12.5 Å². The van der Waals surface area contributed by atoms with Crippen molar-refractivity contribution in [1.82, 2.24) is 19.9 Å². The van der Waals surface area contributed by atoms with Crippen LogP contribution in [0, 0.1) is 0 Å². The molecule has 4 aromatic rings. The summed E-state index contributed by atoms with van der Waals surface area (Å²) in [6.07, 6.45) is 7.67. The summed E-state index contributed by atoms with van der Waals surface area (Å²) in [4.78, 5) is 21.3. The van der Waals surface area contributed by atoms with Gasteiger partial charge >= 0.3 is 0 Å². The Morgan fingerprint density at radius 1 is 1.07 bits per heavy atom. The number of carbonyl (C=O) groups excluding carboxylic acids is 1. The van der Waals surface area contributed by atoms with Gasteiger partial charge in [-0.1, -0.05) is 24.3 Å². The standard InChI is InChI=1S/C23H21N5O/c1-28-12-21(26-13-28)15-4-2-14(3-5-15)20-11-25-22(24)18-9-6-16(10-19(18)20)23(29)27-17-7-8-17/h2-6,9-13,17H,7-8H2,1H3,(H2,24,25)(H,27,29). The van der Waals surface area contributed by atoms with Gasteiger partial charge in [0.1, 0.15) is 5.82 Å². The van der Waals surface area contributed by atoms with Gasteiger partial charge in [0, 0.05) is 47.6 Å². The Morgan fingerprint density at radius 3 is 2.52 bits per heavy atom. The Kier molecular flexibility index (Phi) is 4.05. The van der Waals surface area contributed by atoms with Crippen molar-refractivity contribution in [2.45, 2.75) is 18.9 Å². The predicted octanol–water partition coefficient (Wildman–Crippen LogP) is 3.78. The molecule has 6 heteroatoms. The number of nitrogen functional groups attached to an aromatic ring is 1. The number of carbonyl (C=O) groups is 1. The molecule has 0 spiro atoms. The summed E-state index contributed by atoms with van der Waals surface area (Å²) in [6.45, 7) is 0. The molecule has 1 fully saturated rings. The Hall–Kier alpha value is -3.67. The molecule has 0 unspecified atom stereocenters. The van der Waals surface area contributed by atoms with E-state index in [4.69, 9.17) is 5.73 Å². The van der Waals surface area contributed by atoms with Crippen molar-refractivity contribution >= 4 is 22.5 Å². The molecule has 29 heavy (non-hydrogen) atoms. The summed E-state index contributed by atoms with van der Waals surface area (Å²) in [5.74, 6) is 0.421. The van der Waals surface area contributed by atoms with Crippen molar-refractivity contribution in [2.24, 2.45) is 7.05 Å². The number of nitrogens with zero attached hydrogens (tertiary/aromatic N) is 3. The first-order valence-electron chi connectivity index (χ1n) is 9.66. The van der Waals surface area contributed by atoms with Crippen molar-refractivity contribution in [2.75, 3.05) is 5.73 Å². The SMILES string of the molecule is Cn1cnc(-c2ccc(-c3cnc(N)c4ccc(C(=O)NC5CC5)cc34)cc2)c1. The van der Waals surface area contributed by atoms with Gasteiger partial charge in [0.25, 0.3) is 5.91 Å². The molecule has 1 saturated carbocycles. The van der Waals surface area contributed by atoms with Crippen LogP contribution in [-0.2, 0) is 7.05 Å². The zero-order valence-electron chi connectivity index (χ0n) is 16.1. The lowest BCUT2D eigenvalue weighted by molar-refractivity contribution is 0.0951. The molecule has 1 aliphatic rings. The zero-order valence-corrected chi connectivity index (χ0v) is 16.1. The highest BCUT2D eigenvalue weighted by Crippen LogP contribution is 2.32. The summed E-state index contributed by atoms with van der Waals surface area (Å²) >= 11 is 0. The van der Waals surface area contributed by atoms with Gasteiger partial charge in [0.05, 0.1) is 12.0 Å². The van der Waals surface area contributed by atoms with E-state index in [0.717, 1.165) is 46.0 Å². The van der Waals surface area contributed by atoms with E-state index in [2.05, 4.69) is 15.3 Å². The van der Waals surface area contributed by atoms with Crippen LogP contribution in [0.25, 0.3) is 33.2 Å². The second-order valence-electron chi connectivity index (χ2n) is 7.57. The molecule has 5 rings (SSSR count).